The second-order valence-electron chi connectivity index (χ2n) is 9.02. The molecule has 0 aromatic heterocycles. The van der Waals surface area contributed by atoms with Gasteiger partial charge in [-0.05, 0) is 25.8 Å². The lowest BCUT2D eigenvalue weighted by Gasteiger charge is -2.32. The third-order valence-corrected chi connectivity index (χ3v) is 5.74. The van der Waals surface area contributed by atoms with Crippen LogP contribution in [-0.2, 0) is 18.9 Å². The van der Waals surface area contributed by atoms with Crippen LogP contribution in [0.15, 0.2) is 24.3 Å². The lowest BCUT2D eigenvalue weighted by atomic mass is 10.1. The van der Waals surface area contributed by atoms with Crippen molar-refractivity contribution in [1.29, 1.82) is 0 Å². The molecular weight excluding hydrogens is 448 g/mol. The Bertz CT molecular complexity index is 701. The highest BCUT2D eigenvalue weighted by Crippen LogP contribution is 2.21. The molecule has 1 rings (SSSR count). The molecule has 0 spiro atoms. The molecule has 200 valence electrons. The number of ether oxygens (including phenoxy) is 4. The van der Waals surface area contributed by atoms with Crippen LogP contribution in [0.2, 0.25) is 0 Å². The number of rotatable bonds is 21. The smallest absolute Gasteiger partial charge is 0.341 e. The summed E-state index contributed by atoms with van der Waals surface area (Å²) in [6.07, 6.45) is 12.6. The van der Waals surface area contributed by atoms with Gasteiger partial charge in [0, 0.05) is 12.5 Å². The minimum Gasteiger partial charge on any atom is -0.545 e. The fourth-order valence-corrected chi connectivity index (χ4v) is 3.77. The van der Waals surface area contributed by atoms with Crippen LogP contribution >= 0.6 is 0 Å². The first kappa shape index (κ1) is 31.1. The van der Waals surface area contributed by atoms with Gasteiger partial charge in [-0.2, -0.15) is 0 Å². The Morgan fingerprint density at radius 2 is 1.26 bits per heavy atom. The molecule has 0 aliphatic carbocycles. The molecule has 1 unspecified atom stereocenters. The van der Waals surface area contributed by atoms with Crippen molar-refractivity contribution in [3.05, 3.63) is 35.4 Å². The van der Waals surface area contributed by atoms with Crippen LogP contribution in [-0.4, -0.2) is 37.4 Å². The molecule has 7 heteroatoms. The van der Waals surface area contributed by atoms with E-state index in [2.05, 4.69) is 13.8 Å². The number of hydrogen-bond acceptors (Lipinski definition) is 7. The van der Waals surface area contributed by atoms with Gasteiger partial charge in [0.1, 0.15) is 0 Å². The van der Waals surface area contributed by atoms with Crippen LogP contribution in [0.25, 0.3) is 0 Å². The van der Waals surface area contributed by atoms with E-state index < -0.39 is 24.2 Å². The van der Waals surface area contributed by atoms with Gasteiger partial charge in [-0.25, -0.2) is 4.79 Å². The second-order valence-corrected chi connectivity index (χ2v) is 9.02. The van der Waals surface area contributed by atoms with Gasteiger partial charge in [0.15, 0.2) is 0 Å². The zero-order valence-electron chi connectivity index (χ0n) is 22.1. The number of carboxylic acid groups (broad SMARTS) is 1. The van der Waals surface area contributed by atoms with E-state index in [0.717, 1.165) is 25.7 Å². The van der Waals surface area contributed by atoms with Crippen LogP contribution in [0.1, 0.15) is 125 Å². The normalized spacial score (nSPS) is 12.5. The highest BCUT2D eigenvalue weighted by atomic mass is 16.9. The number of unbranched alkanes of at least 4 members (excludes halogenated alkanes) is 10. The van der Waals surface area contributed by atoms with E-state index in [0.29, 0.717) is 13.2 Å². The molecule has 1 aromatic rings. The number of benzene rings is 1. The molecule has 7 nitrogen and oxygen atoms in total. The average molecular weight is 494 g/mol. The van der Waals surface area contributed by atoms with E-state index >= 15 is 0 Å². The minimum atomic E-state index is -1.44. The quantitative estimate of drug-likeness (QED) is 0.118. The van der Waals surface area contributed by atoms with Gasteiger partial charge in [-0.15, -0.1) is 0 Å². The molecule has 0 saturated carbocycles. The van der Waals surface area contributed by atoms with Crippen molar-refractivity contribution in [2.75, 3.05) is 13.2 Å². The van der Waals surface area contributed by atoms with Crippen molar-refractivity contribution in [3.8, 4) is 0 Å². The third-order valence-electron chi connectivity index (χ3n) is 5.74. The molecule has 0 saturated heterocycles. The first-order valence-electron chi connectivity index (χ1n) is 13.3. The van der Waals surface area contributed by atoms with E-state index in [4.69, 9.17) is 18.9 Å². The topological polar surface area (TPSA) is 94.1 Å². The van der Waals surface area contributed by atoms with Crippen molar-refractivity contribution in [1.82, 2.24) is 0 Å². The van der Waals surface area contributed by atoms with Gasteiger partial charge in [0.05, 0.1) is 24.7 Å². The zero-order valence-corrected chi connectivity index (χ0v) is 22.1. The van der Waals surface area contributed by atoms with Crippen molar-refractivity contribution in [2.45, 2.75) is 117 Å². The predicted molar refractivity (Wildman–Crippen MR) is 134 cm³/mol. The van der Waals surface area contributed by atoms with E-state index in [1.54, 1.807) is 19.9 Å². The van der Waals surface area contributed by atoms with Crippen LogP contribution in [0, 0.1) is 0 Å². The lowest BCUT2D eigenvalue weighted by molar-refractivity contribution is -0.401. The maximum absolute atomic E-state index is 12.6. The monoisotopic (exact) mass is 493 g/mol. The third kappa shape index (κ3) is 13.6. The Morgan fingerprint density at radius 3 is 1.74 bits per heavy atom. The van der Waals surface area contributed by atoms with Crippen LogP contribution < -0.4 is 5.11 Å². The van der Waals surface area contributed by atoms with Gasteiger partial charge < -0.3 is 24.1 Å². The largest absolute Gasteiger partial charge is 0.545 e. The molecule has 0 bridgehead atoms. The molecule has 0 fully saturated rings. The second kappa shape index (κ2) is 18.3. The molecule has 0 aliphatic heterocycles. The average Bonchev–Trinajstić information content (AvgIpc) is 2.82. The summed E-state index contributed by atoms with van der Waals surface area (Å²) in [6.45, 7) is 8.55. The molecule has 0 radical (unpaired) electrons. The molecule has 0 N–H and O–H groups in total. The standard InChI is InChI=1S/C28H46O7/c1-5-7-9-11-13-17-21-32-28(4,33-22-18-14-12-10-8-6-2)35-23(3)34-27(31)25-20-16-15-19-24(25)26(29)30/h15-16,19-20,23H,5-14,17-18,21-22H2,1-4H3,(H,29,30)/p-1. The lowest BCUT2D eigenvalue weighted by Crippen LogP contribution is -2.41. The Morgan fingerprint density at radius 1 is 0.800 bits per heavy atom. The SMILES string of the molecule is CCCCCCCCOC(C)(OCCCCCCCC)OC(C)OC(=O)c1ccccc1C(=O)[O-]. The summed E-state index contributed by atoms with van der Waals surface area (Å²) in [7, 11) is 0. The van der Waals surface area contributed by atoms with Crippen molar-refractivity contribution in [3.63, 3.8) is 0 Å². The summed E-state index contributed by atoms with van der Waals surface area (Å²) >= 11 is 0. The Kier molecular flexibility index (Phi) is 16.3. The molecule has 1 aromatic carbocycles. The van der Waals surface area contributed by atoms with Gasteiger partial charge in [-0.1, -0.05) is 96.3 Å². The van der Waals surface area contributed by atoms with Crippen molar-refractivity contribution in [2.24, 2.45) is 0 Å². The minimum absolute atomic E-state index is 0.0920. The van der Waals surface area contributed by atoms with E-state index in [9.17, 15) is 14.7 Å². The highest BCUT2D eigenvalue weighted by molar-refractivity contribution is 6.01. The fourth-order valence-electron chi connectivity index (χ4n) is 3.77. The molecule has 0 amide bonds. The van der Waals surface area contributed by atoms with Crippen molar-refractivity contribution < 1.29 is 33.6 Å². The van der Waals surface area contributed by atoms with Crippen LogP contribution in [0.3, 0.4) is 0 Å². The maximum Gasteiger partial charge on any atom is 0.341 e. The first-order valence-corrected chi connectivity index (χ1v) is 13.3. The number of esters is 1. The van der Waals surface area contributed by atoms with Crippen LogP contribution in [0.4, 0.5) is 0 Å². The van der Waals surface area contributed by atoms with E-state index in [1.165, 1.54) is 69.6 Å². The number of carbonyl (C=O) groups is 2. The number of hydrogen-bond donors (Lipinski definition) is 0. The Hall–Kier alpha value is -1.96. The van der Waals surface area contributed by atoms with Gasteiger partial charge in [-0.3, -0.25) is 4.74 Å². The number of aromatic carboxylic acids is 1. The number of carboxylic acids is 1. The zero-order chi connectivity index (χ0) is 25.9. The van der Waals surface area contributed by atoms with Gasteiger partial charge >= 0.3 is 5.97 Å². The summed E-state index contributed by atoms with van der Waals surface area (Å²) in [5, 5.41) is 11.3. The molecule has 1 atom stereocenters. The summed E-state index contributed by atoms with van der Waals surface area (Å²) < 4.78 is 23.1. The van der Waals surface area contributed by atoms with Gasteiger partial charge in [0.2, 0.25) is 6.29 Å². The van der Waals surface area contributed by atoms with Crippen LogP contribution in [0.5, 0.6) is 0 Å². The Balaban J connectivity index is 2.63. The van der Waals surface area contributed by atoms with Crippen molar-refractivity contribution >= 4 is 11.9 Å². The maximum atomic E-state index is 12.6. The predicted octanol–water partition coefficient (Wildman–Crippen LogP) is 6.00. The summed E-state index contributed by atoms with van der Waals surface area (Å²) in [5.41, 5.74) is -0.322. The molecule has 0 aliphatic rings. The summed E-state index contributed by atoms with van der Waals surface area (Å²) in [6, 6.07) is 5.76. The van der Waals surface area contributed by atoms with Gasteiger partial charge in [0.25, 0.3) is 5.97 Å². The Labute approximate surface area is 211 Å². The summed E-state index contributed by atoms with van der Waals surface area (Å²) in [4.78, 5) is 23.9. The number of carbonyl (C=O) groups excluding carboxylic acids is 2. The first-order chi connectivity index (χ1) is 16.8. The molecular formula is C28H45O7-. The molecule has 0 heterocycles. The van der Waals surface area contributed by atoms with E-state index in [1.807, 2.05) is 0 Å². The van der Waals surface area contributed by atoms with E-state index in [-0.39, 0.29) is 11.1 Å². The highest BCUT2D eigenvalue weighted by Gasteiger charge is 2.31. The fraction of sp³-hybridized carbons (Fsp3) is 0.714. The summed E-state index contributed by atoms with van der Waals surface area (Å²) in [5.74, 6) is -3.63. The molecule has 35 heavy (non-hydrogen) atoms.